The monoisotopic (exact) mass is 314 g/mol. The van der Waals surface area contributed by atoms with Crippen LogP contribution in [0.3, 0.4) is 0 Å². The van der Waals surface area contributed by atoms with Crippen LogP contribution in [0.25, 0.3) is 0 Å². The van der Waals surface area contributed by atoms with Crippen LogP contribution in [0.1, 0.15) is 24.8 Å². The molecule has 1 N–H and O–H groups in total. The van der Waals surface area contributed by atoms with Crippen molar-refractivity contribution >= 4 is 15.9 Å². The lowest BCUT2D eigenvalue weighted by molar-refractivity contribution is 0.331. The average Bonchev–Trinajstić information content (AvgIpc) is 2.84. The average molecular weight is 315 g/mol. The highest BCUT2D eigenvalue weighted by molar-refractivity contribution is 9.10. The standard InChI is InChI=1S/C14H20BrFN2/c15-14-10-13(16)5-4-12(14)11-17-6-3-9-18-7-1-2-8-18/h4-5,10,17H,1-3,6-9,11H2. The minimum absolute atomic E-state index is 0.195. The van der Waals surface area contributed by atoms with E-state index in [4.69, 9.17) is 0 Å². The van der Waals surface area contributed by atoms with E-state index in [1.807, 2.05) is 6.07 Å². The second kappa shape index (κ2) is 7.22. The predicted octanol–water partition coefficient (Wildman–Crippen LogP) is 3.16. The highest BCUT2D eigenvalue weighted by Crippen LogP contribution is 2.17. The van der Waals surface area contributed by atoms with Gasteiger partial charge in [-0.25, -0.2) is 4.39 Å². The number of benzene rings is 1. The summed E-state index contributed by atoms with van der Waals surface area (Å²) in [4.78, 5) is 2.52. The number of hydrogen-bond acceptors (Lipinski definition) is 2. The summed E-state index contributed by atoms with van der Waals surface area (Å²) in [7, 11) is 0. The van der Waals surface area contributed by atoms with Gasteiger partial charge in [-0.15, -0.1) is 0 Å². The van der Waals surface area contributed by atoms with E-state index in [0.29, 0.717) is 0 Å². The van der Waals surface area contributed by atoms with Crippen LogP contribution in [0.2, 0.25) is 0 Å². The van der Waals surface area contributed by atoms with Crippen LogP contribution in [0.4, 0.5) is 4.39 Å². The molecule has 0 spiro atoms. The SMILES string of the molecule is Fc1ccc(CNCCCN2CCCC2)c(Br)c1. The van der Waals surface area contributed by atoms with Crippen molar-refractivity contribution < 1.29 is 4.39 Å². The van der Waals surface area contributed by atoms with Crippen LogP contribution in [-0.2, 0) is 6.54 Å². The van der Waals surface area contributed by atoms with Gasteiger partial charge in [0, 0.05) is 11.0 Å². The molecule has 18 heavy (non-hydrogen) atoms. The number of hydrogen-bond donors (Lipinski definition) is 1. The molecule has 0 saturated carbocycles. The predicted molar refractivity (Wildman–Crippen MR) is 76.1 cm³/mol. The van der Waals surface area contributed by atoms with Crippen molar-refractivity contribution in [2.75, 3.05) is 26.2 Å². The zero-order chi connectivity index (χ0) is 12.8. The normalized spacial score (nSPS) is 16.3. The van der Waals surface area contributed by atoms with E-state index in [1.165, 1.54) is 51.0 Å². The fourth-order valence-corrected chi connectivity index (χ4v) is 2.81. The molecule has 0 aromatic heterocycles. The Bertz CT molecular complexity index is 378. The number of nitrogens with zero attached hydrogens (tertiary/aromatic N) is 1. The molecule has 0 radical (unpaired) electrons. The first kappa shape index (κ1) is 14.0. The van der Waals surface area contributed by atoms with Crippen LogP contribution in [0.15, 0.2) is 22.7 Å². The molecule has 1 aromatic carbocycles. The molecular formula is C14H20BrFN2. The second-order valence-electron chi connectivity index (χ2n) is 4.81. The van der Waals surface area contributed by atoms with E-state index in [9.17, 15) is 4.39 Å². The Balaban J connectivity index is 1.62. The van der Waals surface area contributed by atoms with Gasteiger partial charge >= 0.3 is 0 Å². The lowest BCUT2D eigenvalue weighted by Gasteiger charge is -2.14. The van der Waals surface area contributed by atoms with Crippen LogP contribution in [0, 0.1) is 5.82 Å². The maximum absolute atomic E-state index is 12.9. The molecule has 1 heterocycles. The molecule has 2 rings (SSSR count). The first-order valence-corrected chi connectivity index (χ1v) is 7.42. The zero-order valence-electron chi connectivity index (χ0n) is 10.6. The van der Waals surface area contributed by atoms with Crippen molar-refractivity contribution in [2.45, 2.75) is 25.8 Å². The van der Waals surface area contributed by atoms with Crippen LogP contribution < -0.4 is 5.32 Å². The van der Waals surface area contributed by atoms with Crippen molar-refractivity contribution in [1.29, 1.82) is 0 Å². The first-order chi connectivity index (χ1) is 8.75. The van der Waals surface area contributed by atoms with Gasteiger partial charge in [-0.05, 0) is 63.1 Å². The van der Waals surface area contributed by atoms with Crippen molar-refractivity contribution in [1.82, 2.24) is 10.2 Å². The summed E-state index contributed by atoms with van der Waals surface area (Å²) < 4.78 is 13.7. The van der Waals surface area contributed by atoms with Gasteiger partial charge in [0.1, 0.15) is 5.82 Å². The molecule has 0 bridgehead atoms. The number of rotatable bonds is 6. The smallest absolute Gasteiger partial charge is 0.124 e. The van der Waals surface area contributed by atoms with E-state index in [-0.39, 0.29) is 5.82 Å². The van der Waals surface area contributed by atoms with Gasteiger partial charge in [-0.3, -0.25) is 0 Å². The topological polar surface area (TPSA) is 15.3 Å². The van der Waals surface area contributed by atoms with E-state index < -0.39 is 0 Å². The lowest BCUT2D eigenvalue weighted by Crippen LogP contribution is -2.24. The number of likely N-dealkylation sites (tertiary alicyclic amines) is 1. The largest absolute Gasteiger partial charge is 0.313 e. The lowest BCUT2D eigenvalue weighted by atomic mass is 10.2. The molecule has 1 aliphatic heterocycles. The summed E-state index contributed by atoms with van der Waals surface area (Å²) in [6.07, 6.45) is 3.89. The minimum atomic E-state index is -0.195. The van der Waals surface area contributed by atoms with E-state index in [0.717, 1.165) is 23.1 Å². The molecule has 0 aliphatic carbocycles. The number of halogens is 2. The second-order valence-corrected chi connectivity index (χ2v) is 5.67. The Labute approximate surface area is 117 Å². The molecule has 4 heteroatoms. The van der Waals surface area contributed by atoms with Crippen LogP contribution >= 0.6 is 15.9 Å². The molecule has 1 aliphatic rings. The Hall–Kier alpha value is -0.450. The summed E-state index contributed by atoms with van der Waals surface area (Å²) >= 11 is 3.38. The molecule has 0 unspecified atom stereocenters. The molecule has 1 saturated heterocycles. The van der Waals surface area contributed by atoms with Crippen LogP contribution in [0.5, 0.6) is 0 Å². The van der Waals surface area contributed by atoms with Gasteiger partial charge in [0.05, 0.1) is 0 Å². The van der Waals surface area contributed by atoms with Gasteiger partial charge in [0.2, 0.25) is 0 Å². The fraction of sp³-hybridized carbons (Fsp3) is 0.571. The summed E-state index contributed by atoms with van der Waals surface area (Å²) in [6.45, 7) is 5.53. The third-order valence-corrected chi connectivity index (χ3v) is 4.10. The quantitative estimate of drug-likeness (QED) is 0.811. The van der Waals surface area contributed by atoms with Gasteiger partial charge in [-0.1, -0.05) is 22.0 Å². The summed E-state index contributed by atoms with van der Waals surface area (Å²) in [5.74, 6) is -0.195. The van der Waals surface area contributed by atoms with Crippen LogP contribution in [-0.4, -0.2) is 31.1 Å². The highest BCUT2D eigenvalue weighted by atomic mass is 79.9. The van der Waals surface area contributed by atoms with Crippen molar-refractivity contribution in [3.63, 3.8) is 0 Å². The van der Waals surface area contributed by atoms with E-state index in [2.05, 4.69) is 26.1 Å². The van der Waals surface area contributed by atoms with Gasteiger partial charge in [-0.2, -0.15) is 0 Å². The Kier molecular flexibility index (Phi) is 5.60. The molecule has 1 aromatic rings. The third kappa shape index (κ3) is 4.34. The molecule has 1 fully saturated rings. The third-order valence-electron chi connectivity index (χ3n) is 3.36. The van der Waals surface area contributed by atoms with Gasteiger partial charge in [0.15, 0.2) is 0 Å². The first-order valence-electron chi connectivity index (χ1n) is 6.63. The maximum atomic E-state index is 12.9. The maximum Gasteiger partial charge on any atom is 0.124 e. The summed E-state index contributed by atoms with van der Waals surface area (Å²) in [5, 5.41) is 3.41. The van der Waals surface area contributed by atoms with Crippen molar-refractivity contribution in [2.24, 2.45) is 0 Å². The van der Waals surface area contributed by atoms with Gasteiger partial charge in [0.25, 0.3) is 0 Å². The minimum Gasteiger partial charge on any atom is -0.313 e. The Morgan fingerprint density at radius 2 is 2.06 bits per heavy atom. The molecule has 100 valence electrons. The molecular weight excluding hydrogens is 295 g/mol. The molecule has 0 atom stereocenters. The molecule has 2 nitrogen and oxygen atoms in total. The number of nitrogens with one attached hydrogen (secondary N) is 1. The van der Waals surface area contributed by atoms with Crippen molar-refractivity contribution in [3.05, 3.63) is 34.1 Å². The van der Waals surface area contributed by atoms with E-state index in [1.54, 1.807) is 0 Å². The van der Waals surface area contributed by atoms with Gasteiger partial charge < -0.3 is 10.2 Å². The zero-order valence-corrected chi connectivity index (χ0v) is 12.2. The molecule has 0 amide bonds. The Morgan fingerprint density at radius 3 is 2.78 bits per heavy atom. The Morgan fingerprint density at radius 1 is 1.28 bits per heavy atom. The van der Waals surface area contributed by atoms with Crippen molar-refractivity contribution in [3.8, 4) is 0 Å². The van der Waals surface area contributed by atoms with E-state index >= 15 is 0 Å². The fourth-order valence-electron chi connectivity index (χ4n) is 2.32. The summed E-state index contributed by atoms with van der Waals surface area (Å²) in [6, 6.07) is 4.85. The summed E-state index contributed by atoms with van der Waals surface area (Å²) in [5.41, 5.74) is 1.11. The highest BCUT2D eigenvalue weighted by Gasteiger charge is 2.09.